The van der Waals surface area contributed by atoms with Crippen LogP contribution in [-0.4, -0.2) is 47.6 Å². The van der Waals surface area contributed by atoms with Crippen LogP contribution >= 0.6 is 11.8 Å². The predicted octanol–water partition coefficient (Wildman–Crippen LogP) is 3.23. The maximum Gasteiger partial charge on any atom is 0.0304 e. The third kappa shape index (κ3) is 3.88. The third-order valence-corrected chi connectivity index (χ3v) is 5.63. The van der Waals surface area contributed by atoms with Crippen LogP contribution in [-0.2, 0) is 0 Å². The Hall–Kier alpha value is 0.270. The molecule has 1 aliphatic rings. The van der Waals surface area contributed by atoms with Gasteiger partial charge in [-0.15, -0.1) is 0 Å². The lowest BCUT2D eigenvalue weighted by Crippen LogP contribution is -2.65. The Morgan fingerprint density at radius 1 is 1.28 bits per heavy atom. The Labute approximate surface area is 118 Å². The van der Waals surface area contributed by atoms with Crippen molar-refractivity contribution in [2.45, 2.75) is 64.3 Å². The van der Waals surface area contributed by atoms with E-state index in [0.29, 0.717) is 11.6 Å². The van der Waals surface area contributed by atoms with Gasteiger partial charge in [0.25, 0.3) is 0 Å². The summed E-state index contributed by atoms with van der Waals surface area (Å²) in [6.45, 7) is 15.3. The molecule has 2 atom stereocenters. The van der Waals surface area contributed by atoms with E-state index < -0.39 is 0 Å². The van der Waals surface area contributed by atoms with Crippen LogP contribution in [0.5, 0.6) is 0 Å². The summed E-state index contributed by atoms with van der Waals surface area (Å²) in [5, 5.41) is 4.57. The van der Waals surface area contributed by atoms with Gasteiger partial charge in [-0.3, -0.25) is 4.90 Å². The molecule has 1 aliphatic heterocycles. The van der Waals surface area contributed by atoms with Gasteiger partial charge in [-0.25, -0.2) is 0 Å². The van der Waals surface area contributed by atoms with Gasteiger partial charge < -0.3 is 5.32 Å². The molecule has 1 heterocycles. The summed E-state index contributed by atoms with van der Waals surface area (Å²) in [4.78, 5) is 2.75. The van der Waals surface area contributed by atoms with Crippen molar-refractivity contribution in [1.82, 2.24) is 10.2 Å². The first-order valence-electron chi connectivity index (χ1n) is 7.49. The molecule has 0 saturated carbocycles. The highest BCUT2D eigenvalue weighted by Gasteiger charge is 2.37. The molecule has 0 aromatic carbocycles. The molecule has 0 aromatic rings. The molecule has 18 heavy (non-hydrogen) atoms. The average molecular weight is 273 g/mol. The fourth-order valence-corrected chi connectivity index (χ4v) is 3.34. The second kappa shape index (κ2) is 7.16. The molecule has 2 nitrogen and oxygen atoms in total. The highest BCUT2D eigenvalue weighted by atomic mass is 32.2. The van der Waals surface area contributed by atoms with Crippen molar-refractivity contribution in [2.24, 2.45) is 5.92 Å². The van der Waals surface area contributed by atoms with Crippen LogP contribution < -0.4 is 5.32 Å². The first kappa shape index (κ1) is 16.3. The molecule has 0 bridgehead atoms. The first-order valence-corrected chi connectivity index (χ1v) is 8.78. The van der Waals surface area contributed by atoms with E-state index in [1.807, 2.05) is 11.8 Å². The molecule has 0 aromatic heterocycles. The normalized spacial score (nSPS) is 26.5. The maximum absolute atomic E-state index is 3.84. The van der Waals surface area contributed by atoms with Gasteiger partial charge in [0.05, 0.1) is 0 Å². The van der Waals surface area contributed by atoms with E-state index in [1.54, 1.807) is 0 Å². The van der Waals surface area contributed by atoms with Crippen molar-refractivity contribution in [3.05, 3.63) is 0 Å². The Bertz CT molecular complexity index is 239. The standard InChI is InChI=1S/C15H32N2S/c1-7-15(8-2)11-17(10-13(5)18-6)14(9-16-15)12(3)4/h12-14,16H,7-11H2,1-6H3. The fraction of sp³-hybridized carbons (Fsp3) is 1.00. The molecule has 1 saturated heterocycles. The zero-order chi connectivity index (χ0) is 13.8. The molecule has 1 rings (SSSR count). The Morgan fingerprint density at radius 3 is 2.33 bits per heavy atom. The van der Waals surface area contributed by atoms with Gasteiger partial charge in [0.1, 0.15) is 0 Å². The van der Waals surface area contributed by atoms with Gasteiger partial charge in [0, 0.05) is 36.5 Å². The van der Waals surface area contributed by atoms with Crippen LogP contribution in [0, 0.1) is 5.92 Å². The number of rotatable bonds is 6. The number of nitrogens with one attached hydrogen (secondary N) is 1. The summed E-state index contributed by atoms with van der Waals surface area (Å²) in [7, 11) is 0. The molecule has 1 fully saturated rings. The minimum atomic E-state index is 0.351. The molecule has 0 amide bonds. The van der Waals surface area contributed by atoms with Crippen LogP contribution in [0.15, 0.2) is 0 Å². The van der Waals surface area contributed by atoms with Gasteiger partial charge in [0.2, 0.25) is 0 Å². The molecule has 0 radical (unpaired) electrons. The summed E-state index contributed by atoms with van der Waals surface area (Å²) in [6.07, 6.45) is 4.70. The smallest absolute Gasteiger partial charge is 0.0304 e. The lowest BCUT2D eigenvalue weighted by molar-refractivity contribution is 0.0517. The SMILES string of the molecule is CCC1(CC)CN(CC(C)SC)C(C(C)C)CN1. The largest absolute Gasteiger partial charge is 0.308 e. The van der Waals surface area contributed by atoms with Gasteiger partial charge in [0.15, 0.2) is 0 Å². The lowest BCUT2D eigenvalue weighted by Gasteiger charge is -2.49. The zero-order valence-corrected chi connectivity index (χ0v) is 13.9. The molecule has 2 unspecified atom stereocenters. The zero-order valence-electron chi connectivity index (χ0n) is 13.1. The topological polar surface area (TPSA) is 15.3 Å². The second-order valence-corrected chi connectivity index (χ2v) is 7.43. The molecule has 3 heteroatoms. The monoisotopic (exact) mass is 272 g/mol. The highest BCUT2D eigenvalue weighted by Crippen LogP contribution is 2.26. The number of nitrogens with zero attached hydrogens (tertiary/aromatic N) is 1. The first-order chi connectivity index (χ1) is 8.48. The average Bonchev–Trinajstić information content (AvgIpc) is 2.38. The Morgan fingerprint density at radius 2 is 1.89 bits per heavy atom. The van der Waals surface area contributed by atoms with Gasteiger partial charge in [-0.1, -0.05) is 34.6 Å². The predicted molar refractivity (Wildman–Crippen MR) is 84.5 cm³/mol. The lowest BCUT2D eigenvalue weighted by atomic mass is 9.86. The van der Waals surface area contributed by atoms with Crippen LogP contribution in [0.2, 0.25) is 0 Å². The van der Waals surface area contributed by atoms with E-state index in [0.717, 1.165) is 17.7 Å². The number of hydrogen-bond donors (Lipinski definition) is 1. The Kier molecular flexibility index (Phi) is 6.49. The molecule has 108 valence electrons. The van der Waals surface area contributed by atoms with Crippen molar-refractivity contribution in [3.63, 3.8) is 0 Å². The summed E-state index contributed by atoms with van der Waals surface area (Å²) in [5.41, 5.74) is 0.351. The molecule has 1 N–H and O–H groups in total. The minimum absolute atomic E-state index is 0.351. The van der Waals surface area contributed by atoms with E-state index in [2.05, 4.69) is 51.1 Å². The van der Waals surface area contributed by atoms with E-state index in [1.165, 1.54) is 25.9 Å². The van der Waals surface area contributed by atoms with Gasteiger partial charge in [-0.2, -0.15) is 11.8 Å². The van der Waals surface area contributed by atoms with E-state index in [-0.39, 0.29) is 0 Å². The van der Waals surface area contributed by atoms with Crippen molar-refractivity contribution in [3.8, 4) is 0 Å². The van der Waals surface area contributed by atoms with Crippen molar-refractivity contribution >= 4 is 11.8 Å². The number of thioether (sulfide) groups is 1. The van der Waals surface area contributed by atoms with Gasteiger partial charge in [-0.05, 0) is 25.0 Å². The van der Waals surface area contributed by atoms with Crippen LogP contribution in [0.1, 0.15) is 47.5 Å². The van der Waals surface area contributed by atoms with Gasteiger partial charge >= 0.3 is 0 Å². The molecular formula is C15H32N2S. The van der Waals surface area contributed by atoms with Crippen molar-refractivity contribution in [2.75, 3.05) is 25.9 Å². The van der Waals surface area contributed by atoms with Crippen molar-refractivity contribution < 1.29 is 0 Å². The second-order valence-electron chi connectivity index (χ2n) is 6.16. The third-order valence-electron chi connectivity index (χ3n) is 4.68. The Balaban J connectivity index is 2.75. The minimum Gasteiger partial charge on any atom is -0.308 e. The van der Waals surface area contributed by atoms with Crippen LogP contribution in [0.4, 0.5) is 0 Å². The summed E-state index contributed by atoms with van der Waals surface area (Å²) < 4.78 is 0. The van der Waals surface area contributed by atoms with Crippen LogP contribution in [0.25, 0.3) is 0 Å². The quantitative estimate of drug-likeness (QED) is 0.799. The number of piperazine rings is 1. The summed E-state index contributed by atoms with van der Waals surface area (Å²) in [5.74, 6) is 0.735. The summed E-state index contributed by atoms with van der Waals surface area (Å²) in [6, 6.07) is 0.700. The molecule has 0 aliphatic carbocycles. The highest BCUT2D eigenvalue weighted by molar-refractivity contribution is 7.99. The van der Waals surface area contributed by atoms with Crippen LogP contribution in [0.3, 0.4) is 0 Å². The van der Waals surface area contributed by atoms with E-state index in [9.17, 15) is 0 Å². The fourth-order valence-electron chi connectivity index (χ4n) is 3.00. The number of hydrogen-bond acceptors (Lipinski definition) is 3. The summed E-state index contributed by atoms with van der Waals surface area (Å²) >= 11 is 1.99. The van der Waals surface area contributed by atoms with E-state index >= 15 is 0 Å². The van der Waals surface area contributed by atoms with Crippen molar-refractivity contribution in [1.29, 1.82) is 0 Å². The maximum atomic E-state index is 3.84. The molecular weight excluding hydrogens is 240 g/mol. The van der Waals surface area contributed by atoms with E-state index in [4.69, 9.17) is 0 Å². The molecule has 0 spiro atoms.